The molecule has 0 aromatic rings. The van der Waals surface area contributed by atoms with E-state index in [-0.39, 0.29) is 18.5 Å². The Morgan fingerprint density at radius 1 is 1.50 bits per heavy atom. The molecule has 1 aliphatic rings. The van der Waals surface area contributed by atoms with Gasteiger partial charge in [-0.2, -0.15) is 0 Å². The van der Waals surface area contributed by atoms with Crippen molar-refractivity contribution in [2.75, 3.05) is 13.6 Å². The molecule has 0 aromatic heterocycles. The summed E-state index contributed by atoms with van der Waals surface area (Å²) >= 11 is 0. The molecule has 0 saturated heterocycles. The Balaban J connectivity index is 0.000000810. The van der Waals surface area contributed by atoms with E-state index < -0.39 is 0 Å². The highest BCUT2D eigenvalue weighted by Gasteiger charge is 2.25. The molecular formula is C7H16ClNO. The van der Waals surface area contributed by atoms with E-state index in [0.29, 0.717) is 0 Å². The summed E-state index contributed by atoms with van der Waals surface area (Å²) in [5, 5.41) is 12.0. The molecule has 0 radical (unpaired) electrons. The molecule has 3 heteroatoms. The van der Waals surface area contributed by atoms with Gasteiger partial charge in [0.25, 0.3) is 0 Å². The lowest BCUT2D eigenvalue weighted by molar-refractivity contribution is 0.0396. The van der Waals surface area contributed by atoms with Crippen LogP contribution < -0.4 is 5.32 Å². The van der Waals surface area contributed by atoms with Crippen LogP contribution >= 0.6 is 12.4 Å². The van der Waals surface area contributed by atoms with E-state index >= 15 is 0 Å². The second-order valence-corrected chi connectivity index (χ2v) is 2.88. The lowest BCUT2D eigenvalue weighted by atomic mass is 9.80. The first-order valence-corrected chi connectivity index (χ1v) is 3.65. The molecule has 10 heavy (non-hydrogen) atoms. The van der Waals surface area contributed by atoms with Gasteiger partial charge in [0.15, 0.2) is 0 Å². The van der Waals surface area contributed by atoms with Gasteiger partial charge in [0.05, 0.1) is 6.10 Å². The molecule has 2 N–H and O–H groups in total. The van der Waals surface area contributed by atoms with Crippen molar-refractivity contribution in [1.29, 1.82) is 0 Å². The summed E-state index contributed by atoms with van der Waals surface area (Å²) in [5.74, 6) is 0.799. The first-order valence-electron chi connectivity index (χ1n) is 3.65. The third-order valence-corrected chi connectivity index (χ3v) is 2.01. The van der Waals surface area contributed by atoms with Crippen molar-refractivity contribution in [3.05, 3.63) is 0 Å². The van der Waals surface area contributed by atoms with Gasteiger partial charge < -0.3 is 10.4 Å². The summed E-state index contributed by atoms with van der Waals surface area (Å²) in [5.41, 5.74) is 0. The van der Waals surface area contributed by atoms with E-state index in [4.69, 9.17) is 5.11 Å². The minimum absolute atomic E-state index is 0. The Morgan fingerprint density at radius 3 is 2.50 bits per heavy atom. The van der Waals surface area contributed by atoms with E-state index in [9.17, 15) is 0 Å². The minimum Gasteiger partial charge on any atom is -0.393 e. The van der Waals surface area contributed by atoms with E-state index in [2.05, 4.69) is 5.32 Å². The molecule has 62 valence electrons. The Hall–Kier alpha value is 0.210. The molecule has 0 bridgehead atoms. The zero-order chi connectivity index (χ0) is 6.69. The second-order valence-electron chi connectivity index (χ2n) is 2.88. The van der Waals surface area contributed by atoms with Crippen LogP contribution in [0.15, 0.2) is 0 Å². The van der Waals surface area contributed by atoms with E-state index in [1.54, 1.807) is 0 Å². The lowest BCUT2D eigenvalue weighted by Crippen LogP contribution is -2.30. The highest BCUT2D eigenvalue weighted by atomic mass is 35.5. The van der Waals surface area contributed by atoms with Gasteiger partial charge in [-0.15, -0.1) is 12.4 Å². The van der Waals surface area contributed by atoms with Crippen LogP contribution in [0.2, 0.25) is 0 Å². The number of nitrogens with one attached hydrogen (secondary N) is 1. The topological polar surface area (TPSA) is 32.3 Å². The predicted molar refractivity (Wildman–Crippen MR) is 44.5 cm³/mol. The zero-order valence-corrected chi connectivity index (χ0v) is 7.16. The molecule has 0 heterocycles. The highest BCUT2D eigenvalue weighted by molar-refractivity contribution is 5.85. The van der Waals surface area contributed by atoms with Crippen molar-refractivity contribution in [1.82, 2.24) is 5.32 Å². The van der Waals surface area contributed by atoms with E-state index in [0.717, 1.165) is 25.3 Å². The normalized spacial score (nSPS) is 30.6. The molecule has 0 amide bonds. The standard InChI is InChI=1S/C7H15NO.ClH/c1-8-3-2-6-4-7(9)5-6;/h6-9H,2-5H2,1H3;1H. The molecule has 1 fully saturated rings. The maximum absolute atomic E-state index is 8.90. The summed E-state index contributed by atoms with van der Waals surface area (Å²) in [6.45, 7) is 1.09. The maximum atomic E-state index is 8.90. The van der Waals surface area contributed by atoms with Gasteiger partial charge in [-0.3, -0.25) is 0 Å². The number of halogens is 1. The van der Waals surface area contributed by atoms with Crippen LogP contribution in [-0.2, 0) is 0 Å². The Kier molecular flexibility index (Phi) is 5.04. The highest BCUT2D eigenvalue weighted by Crippen LogP contribution is 2.29. The van der Waals surface area contributed by atoms with Crippen molar-refractivity contribution in [3.63, 3.8) is 0 Å². The predicted octanol–water partition coefficient (Wildman–Crippen LogP) is 0.789. The van der Waals surface area contributed by atoms with Gasteiger partial charge in [0, 0.05) is 0 Å². The number of aliphatic hydroxyl groups excluding tert-OH is 1. The van der Waals surface area contributed by atoms with Gasteiger partial charge in [0.2, 0.25) is 0 Å². The SMILES string of the molecule is CNCCC1CC(O)C1.Cl. The molecule has 0 spiro atoms. The molecule has 1 rings (SSSR count). The quantitative estimate of drug-likeness (QED) is 0.648. The van der Waals surface area contributed by atoms with Crippen molar-refractivity contribution >= 4 is 12.4 Å². The van der Waals surface area contributed by atoms with Crippen molar-refractivity contribution in [2.24, 2.45) is 5.92 Å². The Bertz CT molecular complexity index is 83.7. The largest absolute Gasteiger partial charge is 0.393 e. The summed E-state index contributed by atoms with van der Waals surface area (Å²) in [7, 11) is 1.97. The Morgan fingerprint density at radius 2 is 2.10 bits per heavy atom. The first kappa shape index (κ1) is 10.2. The van der Waals surface area contributed by atoms with Crippen LogP contribution in [0.1, 0.15) is 19.3 Å². The molecule has 0 aromatic carbocycles. The van der Waals surface area contributed by atoms with Crippen molar-refractivity contribution in [2.45, 2.75) is 25.4 Å². The number of aliphatic hydroxyl groups is 1. The summed E-state index contributed by atoms with van der Waals surface area (Å²) in [6, 6.07) is 0. The zero-order valence-electron chi connectivity index (χ0n) is 6.34. The maximum Gasteiger partial charge on any atom is 0.0545 e. The second kappa shape index (κ2) is 4.94. The third kappa shape index (κ3) is 2.86. The monoisotopic (exact) mass is 165 g/mol. The van der Waals surface area contributed by atoms with Crippen LogP contribution in [-0.4, -0.2) is 24.8 Å². The first-order chi connectivity index (χ1) is 4.33. The van der Waals surface area contributed by atoms with Gasteiger partial charge in [-0.05, 0) is 38.8 Å². The van der Waals surface area contributed by atoms with Crippen LogP contribution in [0, 0.1) is 5.92 Å². The number of rotatable bonds is 3. The van der Waals surface area contributed by atoms with Crippen LogP contribution in [0.4, 0.5) is 0 Å². The lowest BCUT2D eigenvalue weighted by Gasteiger charge is -2.31. The van der Waals surface area contributed by atoms with E-state index in [1.165, 1.54) is 6.42 Å². The fraction of sp³-hybridized carbons (Fsp3) is 1.00. The summed E-state index contributed by atoms with van der Waals surface area (Å²) < 4.78 is 0. The molecule has 2 nitrogen and oxygen atoms in total. The molecule has 0 aliphatic heterocycles. The number of hydrogen-bond donors (Lipinski definition) is 2. The van der Waals surface area contributed by atoms with Crippen LogP contribution in [0.25, 0.3) is 0 Å². The molecular weight excluding hydrogens is 150 g/mol. The average molecular weight is 166 g/mol. The van der Waals surface area contributed by atoms with Crippen molar-refractivity contribution < 1.29 is 5.11 Å². The fourth-order valence-corrected chi connectivity index (χ4v) is 1.28. The molecule has 0 atom stereocenters. The molecule has 1 aliphatic carbocycles. The summed E-state index contributed by atoms with van der Waals surface area (Å²) in [4.78, 5) is 0. The Labute approximate surface area is 68.4 Å². The third-order valence-electron chi connectivity index (χ3n) is 2.01. The smallest absolute Gasteiger partial charge is 0.0545 e. The van der Waals surface area contributed by atoms with Gasteiger partial charge in [0.1, 0.15) is 0 Å². The van der Waals surface area contributed by atoms with Crippen molar-refractivity contribution in [3.8, 4) is 0 Å². The summed E-state index contributed by atoms with van der Waals surface area (Å²) in [6.07, 6.45) is 3.31. The van der Waals surface area contributed by atoms with Crippen LogP contribution in [0.3, 0.4) is 0 Å². The van der Waals surface area contributed by atoms with E-state index in [1.807, 2.05) is 7.05 Å². The van der Waals surface area contributed by atoms with Gasteiger partial charge in [-0.25, -0.2) is 0 Å². The molecule has 0 unspecified atom stereocenters. The minimum atomic E-state index is 0. The fourth-order valence-electron chi connectivity index (χ4n) is 1.28. The van der Waals surface area contributed by atoms with Crippen LogP contribution in [0.5, 0.6) is 0 Å². The van der Waals surface area contributed by atoms with Gasteiger partial charge >= 0.3 is 0 Å². The average Bonchev–Trinajstić information content (AvgIpc) is 1.78. The van der Waals surface area contributed by atoms with Gasteiger partial charge in [-0.1, -0.05) is 0 Å². The number of hydrogen-bond acceptors (Lipinski definition) is 2. The molecule has 1 saturated carbocycles.